The lowest BCUT2D eigenvalue weighted by molar-refractivity contribution is -0.391. The molecular weight excluding hydrogens is 262 g/mol. The van der Waals surface area contributed by atoms with E-state index in [4.69, 9.17) is 0 Å². The molecule has 0 aliphatic rings. The lowest BCUT2D eigenvalue weighted by Crippen LogP contribution is -2.00. The summed E-state index contributed by atoms with van der Waals surface area (Å²) in [7, 11) is 1.67. The molecule has 1 aromatic heterocycles. The molecule has 1 aromatic carbocycles. The predicted octanol–water partition coefficient (Wildman–Crippen LogP) is 3.18. The van der Waals surface area contributed by atoms with Crippen molar-refractivity contribution < 1.29 is 4.92 Å². The van der Waals surface area contributed by atoms with E-state index in [1.807, 2.05) is 0 Å². The summed E-state index contributed by atoms with van der Waals surface area (Å²) in [6.07, 6.45) is 2.33. The molecule has 100 valence electrons. The standard InChI is InChI=1S/C13H15N3O2S/c1-3-10-4-6-11(7-5-10)19-9-12-14-8-13(15(12)2)16(17)18/h4-8H,3,9H2,1-2H3. The zero-order valence-electron chi connectivity index (χ0n) is 10.9. The highest BCUT2D eigenvalue weighted by molar-refractivity contribution is 7.98. The average Bonchev–Trinajstić information content (AvgIpc) is 2.78. The molecule has 0 aliphatic heterocycles. The van der Waals surface area contributed by atoms with E-state index in [2.05, 4.69) is 36.2 Å². The average molecular weight is 277 g/mol. The van der Waals surface area contributed by atoms with Crippen LogP contribution in [0.25, 0.3) is 0 Å². The highest BCUT2D eigenvalue weighted by Crippen LogP contribution is 2.24. The molecule has 0 unspecified atom stereocenters. The van der Waals surface area contributed by atoms with Gasteiger partial charge in [-0.05, 0) is 29.0 Å². The van der Waals surface area contributed by atoms with E-state index >= 15 is 0 Å². The van der Waals surface area contributed by atoms with Crippen molar-refractivity contribution in [2.24, 2.45) is 7.05 Å². The van der Waals surface area contributed by atoms with Crippen molar-refractivity contribution in [1.82, 2.24) is 9.55 Å². The SMILES string of the molecule is CCc1ccc(SCc2ncc([N+](=O)[O-])n2C)cc1. The van der Waals surface area contributed by atoms with E-state index < -0.39 is 4.92 Å². The van der Waals surface area contributed by atoms with Gasteiger partial charge in [0, 0.05) is 4.90 Å². The number of hydrogen-bond acceptors (Lipinski definition) is 4. The summed E-state index contributed by atoms with van der Waals surface area (Å²) in [5.41, 5.74) is 1.30. The Morgan fingerprint density at radius 2 is 2.05 bits per heavy atom. The van der Waals surface area contributed by atoms with Crippen molar-refractivity contribution in [2.45, 2.75) is 24.0 Å². The van der Waals surface area contributed by atoms with Gasteiger partial charge in [-0.15, -0.1) is 11.8 Å². The second-order valence-electron chi connectivity index (χ2n) is 4.13. The zero-order valence-corrected chi connectivity index (χ0v) is 11.7. The molecule has 5 nitrogen and oxygen atoms in total. The quantitative estimate of drug-likeness (QED) is 0.478. The third-order valence-corrected chi connectivity index (χ3v) is 3.95. The van der Waals surface area contributed by atoms with Crippen LogP contribution >= 0.6 is 11.8 Å². The molecule has 19 heavy (non-hydrogen) atoms. The predicted molar refractivity (Wildman–Crippen MR) is 75.2 cm³/mol. The molecule has 1 heterocycles. The van der Waals surface area contributed by atoms with Gasteiger partial charge in [0.05, 0.1) is 12.8 Å². The van der Waals surface area contributed by atoms with Gasteiger partial charge in [-0.3, -0.25) is 0 Å². The number of aryl methyl sites for hydroxylation is 1. The van der Waals surface area contributed by atoms with Gasteiger partial charge in [-0.1, -0.05) is 19.1 Å². The Kier molecular flexibility index (Phi) is 4.21. The third-order valence-electron chi connectivity index (χ3n) is 2.95. The minimum absolute atomic E-state index is 0.0249. The Labute approximate surface area is 115 Å². The number of hydrogen-bond donors (Lipinski definition) is 0. The van der Waals surface area contributed by atoms with Crippen LogP contribution in [-0.2, 0) is 19.2 Å². The fraction of sp³-hybridized carbons (Fsp3) is 0.308. The van der Waals surface area contributed by atoms with Crippen LogP contribution in [0.2, 0.25) is 0 Å². The Hall–Kier alpha value is -1.82. The van der Waals surface area contributed by atoms with Crippen molar-refractivity contribution in [2.75, 3.05) is 0 Å². The minimum Gasteiger partial charge on any atom is -0.358 e. The molecule has 0 spiro atoms. The van der Waals surface area contributed by atoms with Crippen molar-refractivity contribution in [1.29, 1.82) is 0 Å². The Balaban J connectivity index is 2.03. The summed E-state index contributed by atoms with van der Waals surface area (Å²) in [6, 6.07) is 8.34. The van der Waals surface area contributed by atoms with Crippen molar-refractivity contribution >= 4 is 17.6 Å². The minimum atomic E-state index is -0.419. The number of nitro groups is 1. The first-order valence-electron chi connectivity index (χ1n) is 5.98. The molecule has 2 aromatic rings. The van der Waals surface area contributed by atoms with Crippen LogP contribution in [0.15, 0.2) is 35.4 Å². The summed E-state index contributed by atoms with van der Waals surface area (Å²) >= 11 is 1.63. The maximum Gasteiger partial charge on any atom is 0.342 e. The molecule has 0 bridgehead atoms. The van der Waals surface area contributed by atoms with Gasteiger partial charge in [0.1, 0.15) is 6.20 Å². The maximum atomic E-state index is 10.7. The number of nitrogens with zero attached hydrogens (tertiary/aromatic N) is 3. The van der Waals surface area contributed by atoms with Gasteiger partial charge < -0.3 is 10.1 Å². The number of thioether (sulfide) groups is 1. The lowest BCUT2D eigenvalue weighted by Gasteiger charge is -2.02. The lowest BCUT2D eigenvalue weighted by atomic mass is 10.2. The van der Waals surface area contributed by atoms with Gasteiger partial charge in [0.2, 0.25) is 5.82 Å². The highest BCUT2D eigenvalue weighted by atomic mass is 32.2. The number of rotatable bonds is 5. The summed E-state index contributed by atoms with van der Waals surface area (Å²) in [4.78, 5) is 15.5. The Morgan fingerprint density at radius 3 is 2.58 bits per heavy atom. The third kappa shape index (κ3) is 3.14. The monoisotopic (exact) mass is 277 g/mol. The van der Waals surface area contributed by atoms with E-state index in [1.54, 1.807) is 18.8 Å². The molecule has 0 saturated carbocycles. The van der Waals surface area contributed by atoms with E-state index in [0.29, 0.717) is 11.6 Å². The van der Waals surface area contributed by atoms with Gasteiger partial charge in [-0.25, -0.2) is 9.55 Å². The first kappa shape index (κ1) is 13.6. The molecule has 0 amide bonds. The van der Waals surface area contributed by atoms with Crippen LogP contribution in [0.1, 0.15) is 18.3 Å². The largest absolute Gasteiger partial charge is 0.358 e. The van der Waals surface area contributed by atoms with Crippen LogP contribution in [0.4, 0.5) is 5.82 Å². The second-order valence-corrected chi connectivity index (χ2v) is 5.18. The van der Waals surface area contributed by atoms with Crippen LogP contribution in [0, 0.1) is 10.1 Å². The summed E-state index contributed by atoms with van der Waals surface area (Å²) in [6.45, 7) is 2.12. The second kappa shape index (κ2) is 5.88. The van der Waals surface area contributed by atoms with Crippen LogP contribution in [0.3, 0.4) is 0 Å². The van der Waals surface area contributed by atoms with Crippen LogP contribution < -0.4 is 0 Å². The Bertz CT molecular complexity index is 578. The first-order chi connectivity index (χ1) is 9.11. The molecule has 2 rings (SSSR count). The van der Waals surface area contributed by atoms with Gasteiger partial charge in [-0.2, -0.15) is 0 Å². The zero-order chi connectivity index (χ0) is 13.8. The Morgan fingerprint density at radius 1 is 1.37 bits per heavy atom. The van der Waals surface area contributed by atoms with E-state index in [9.17, 15) is 10.1 Å². The van der Waals surface area contributed by atoms with Crippen molar-refractivity contribution in [3.05, 3.63) is 52.0 Å². The molecule has 6 heteroatoms. The molecule has 0 saturated heterocycles. The van der Waals surface area contributed by atoms with Crippen LogP contribution in [-0.4, -0.2) is 14.5 Å². The van der Waals surface area contributed by atoms with Gasteiger partial charge >= 0.3 is 5.82 Å². The highest BCUT2D eigenvalue weighted by Gasteiger charge is 2.16. The van der Waals surface area contributed by atoms with Crippen molar-refractivity contribution in [3.63, 3.8) is 0 Å². The molecule has 0 N–H and O–H groups in total. The maximum absolute atomic E-state index is 10.7. The summed E-state index contributed by atoms with van der Waals surface area (Å²) < 4.78 is 1.52. The molecule has 0 fully saturated rings. The fourth-order valence-electron chi connectivity index (χ4n) is 1.71. The molecule has 0 atom stereocenters. The van der Waals surface area contributed by atoms with E-state index in [-0.39, 0.29) is 5.82 Å². The smallest absolute Gasteiger partial charge is 0.342 e. The topological polar surface area (TPSA) is 61.0 Å². The molecular formula is C13H15N3O2S. The molecule has 0 aliphatic carbocycles. The van der Waals surface area contributed by atoms with Crippen molar-refractivity contribution in [3.8, 4) is 0 Å². The molecule has 0 radical (unpaired) electrons. The van der Waals surface area contributed by atoms with Gasteiger partial charge in [0.15, 0.2) is 0 Å². The summed E-state index contributed by atoms with van der Waals surface area (Å²) in [5.74, 6) is 1.35. The van der Waals surface area contributed by atoms with E-state index in [1.165, 1.54) is 16.3 Å². The number of benzene rings is 1. The van der Waals surface area contributed by atoms with Gasteiger partial charge in [0.25, 0.3) is 0 Å². The van der Waals surface area contributed by atoms with Crippen LogP contribution in [0.5, 0.6) is 0 Å². The fourth-order valence-corrected chi connectivity index (χ4v) is 2.60. The summed E-state index contributed by atoms with van der Waals surface area (Å²) in [5, 5.41) is 10.7. The first-order valence-corrected chi connectivity index (χ1v) is 6.97. The normalized spacial score (nSPS) is 10.6. The number of imidazole rings is 1. The van der Waals surface area contributed by atoms with E-state index in [0.717, 1.165) is 11.3 Å². The number of aromatic nitrogens is 2.